The molecule has 174 valence electrons. The third-order valence-corrected chi connectivity index (χ3v) is 6.67. The quantitative estimate of drug-likeness (QED) is 0.556. The molecule has 0 unspecified atom stereocenters. The molecule has 1 fully saturated rings. The standard InChI is InChI=1S/C23H23F3N4O2S/c1-2-30(22-27-18-9-5-6-10-19(18)33-22)20(31)15-28-11-13-29(14-12-28)21(32)16-7-3-4-8-17(16)23(24,25)26/h3-10H,2,11-15H2,1H3. The Morgan fingerprint density at radius 1 is 1.03 bits per heavy atom. The molecule has 0 saturated carbocycles. The second kappa shape index (κ2) is 9.48. The summed E-state index contributed by atoms with van der Waals surface area (Å²) in [5.74, 6) is -0.739. The number of piperazine rings is 1. The predicted octanol–water partition coefficient (Wildman–Crippen LogP) is 4.13. The summed E-state index contributed by atoms with van der Waals surface area (Å²) in [7, 11) is 0. The van der Waals surface area contributed by atoms with E-state index in [4.69, 9.17) is 0 Å². The van der Waals surface area contributed by atoms with Gasteiger partial charge in [-0.3, -0.25) is 19.4 Å². The Labute approximate surface area is 193 Å². The number of halogens is 3. The smallest absolute Gasteiger partial charge is 0.336 e. The van der Waals surface area contributed by atoms with Crippen LogP contribution in [0.3, 0.4) is 0 Å². The molecule has 2 amide bonds. The van der Waals surface area contributed by atoms with E-state index in [-0.39, 0.29) is 31.1 Å². The number of thiazole rings is 1. The number of carbonyl (C=O) groups is 2. The summed E-state index contributed by atoms with van der Waals surface area (Å²) in [6.07, 6.45) is -4.59. The molecular formula is C23H23F3N4O2S. The molecule has 0 radical (unpaired) electrons. The number of fused-ring (bicyclic) bond motifs is 1. The molecule has 1 aliphatic rings. The van der Waals surface area contributed by atoms with E-state index >= 15 is 0 Å². The second-order valence-corrected chi connectivity index (χ2v) is 8.72. The number of aromatic nitrogens is 1. The molecule has 33 heavy (non-hydrogen) atoms. The van der Waals surface area contributed by atoms with Crippen molar-refractivity contribution < 1.29 is 22.8 Å². The third-order valence-electron chi connectivity index (χ3n) is 5.61. The van der Waals surface area contributed by atoms with Crippen molar-refractivity contribution in [2.45, 2.75) is 13.1 Å². The number of alkyl halides is 3. The molecular weight excluding hydrogens is 453 g/mol. The van der Waals surface area contributed by atoms with Crippen molar-refractivity contribution in [1.82, 2.24) is 14.8 Å². The van der Waals surface area contributed by atoms with Gasteiger partial charge in [-0.25, -0.2) is 4.98 Å². The van der Waals surface area contributed by atoms with E-state index in [1.807, 2.05) is 36.1 Å². The molecule has 2 heterocycles. The van der Waals surface area contributed by atoms with E-state index in [2.05, 4.69) is 4.98 Å². The van der Waals surface area contributed by atoms with E-state index in [0.29, 0.717) is 24.8 Å². The SMILES string of the molecule is CCN(C(=O)CN1CCN(C(=O)c2ccccc2C(F)(F)F)CC1)c1nc2ccccc2s1. The fraction of sp³-hybridized carbons (Fsp3) is 0.348. The zero-order chi connectivity index (χ0) is 23.6. The van der Waals surface area contributed by atoms with Crippen molar-refractivity contribution in [3.8, 4) is 0 Å². The highest BCUT2D eigenvalue weighted by Gasteiger charge is 2.36. The van der Waals surface area contributed by atoms with Crippen molar-refractivity contribution in [1.29, 1.82) is 0 Å². The lowest BCUT2D eigenvalue weighted by Gasteiger charge is -2.35. The van der Waals surface area contributed by atoms with Gasteiger partial charge in [-0.05, 0) is 31.2 Å². The Hall–Kier alpha value is -2.98. The molecule has 0 bridgehead atoms. The summed E-state index contributed by atoms with van der Waals surface area (Å²) in [5, 5.41) is 0.640. The van der Waals surface area contributed by atoms with Crippen molar-refractivity contribution in [2.24, 2.45) is 0 Å². The lowest BCUT2D eigenvalue weighted by Crippen LogP contribution is -2.51. The number of anilines is 1. The van der Waals surface area contributed by atoms with Crippen molar-refractivity contribution in [3.05, 3.63) is 59.7 Å². The molecule has 1 aliphatic heterocycles. The summed E-state index contributed by atoms with van der Waals surface area (Å²) < 4.78 is 40.8. The monoisotopic (exact) mass is 476 g/mol. The number of hydrogen-bond donors (Lipinski definition) is 0. The predicted molar refractivity (Wildman–Crippen MR) is 121 cm³/mol. The Morgan fingerprint density at radius 2 is 1.70 bits per heavy atom. The highest BCUT2D eigenvalue weighted by molar-refractivity contribution is 7.22. The molecule has 3 aromatic rings. The van der Waals surface area contributed by atoms with Gasteiger partial charge in [0.25, 0.3) is 5.91 Å². The van der Waals surface area contributed by atoms with Crippen LogP contribution in [-0.2, 0) is 11.0 Å². The molecule has 0 spiro atoms. The van der Waals surface area contributed by atoms with Gasteiger partial charge in [-0.15, -0.1) is 0 Å². The number of carbonyl (C=O) groups excluding carboxylic acids is 2. The zero-order valence-electron chi connectivity index (χ0n) is 18.0. The number of para-hydroxylation sites is 1. The Kier molecular flexibility index (Phi) is 6.66. The topological polar surface area (TPSA) is 56.8 Å². The van der Waals surface area contributed by atoms with Crippen LogP contribution >= 0.6 is 11.3 Å². The first kappa shape index (κ1) is 23.2. The minimum Gasteiger partial charge on any atom is -0.336 e. The fourth-order valence-electron chi connectivity index (χ4n) is 3.87. The van der Waals surface area contributed by atoms with Gasteiger partial charge in [0.1, 0.15) is 0 Å². The summed E-state index contributed by atoms with van der Waals surface area (Å²) in [5.41, 5.74) is -0.431. The summed E-state index contributed by atoms with van der Waals surface area (Å²) in [6, 6.07) is 12.5. The van der Waals surface area contributed by atoms with Gasteiger partial charge in [0.05, 0.1) is 27.9 Å². The number of rotatable bonds is 5. The molecule has 0 aliphatic carbocycles. The van der Waals surface area contributed by atoms with Gasteiger partial charge in [0.2, 0.25) is 5.91 Å². The molecule has 4 rings (SSSR count). The largest absolute Gasteiger partial charge is 0.417 e. The number of nitrogens with zero attached hydrogens (tertiary/aromatic N) is 4. The van der Waals surface area contributed by atoms with Crippen molar-refractivity contribution in [3.63, 3.8) is 0 Å². The third kappa shape index (κ3) is 5.01. The maximum absolute atomic E-state index is 13.3. The first-order valence-corrected chi connectivity index (χ1v) is 11.4. The van der Waals surface area contributed by atoms with Crippen LogP contribution in [0, 0.1) is 0 Å². The first-order chi connectivity index (χ1) is 15.8. The van der Waals surface area contributed by atoms with Gasteiger partial charge in [-0.1, -0.05) is 35.6 Å². The second-order valence-electron chi connectivity index (χ2n) is 7.71. The van der Waals surface area contributed by atoms with Gasteiger partial charge < -0.3 is 4.90 Å². The minimum absolute atomic E-state index is 0.0984. The molecule has 0 N–H and O–H groups in total. The van der Waals surface area contributed by atoms with Crippen LogP contribution in [0.4, 0.5) is 18.3 Å². The van der Waals surface area contributed by atoms with E-state index in [1.54, 1.807) is 4.90 Å². The van der Waals surface area contributed by atoms with E-state index in [9.17, 15) is 22.8 Å². The molecule has 0 atom stereocenters. The van der Waals surface area contributed by atoms with Crippen LogP contribution < -0.4 is 4.90 Å². The summed E-state index contributed by atoms with van der Waals surface area (Å²) >= 11 is 1.46. The molecule has 1 saturated heterocycles. The Balaban J connectivity index is 1.38. The molecule has 6 nitrogen and oxygen atoms in total. The molecule has 10 heteroatoms. The fourth-order valence-corrected chi connectivity index (χ4v) is 4.91. The van der Waals surface area contributed by atoms with Crippen LogP contribution in [0.2, 0.25) is 0 Å². The van der Waals surface area contributed by atoms with E-state index < -0.39 is 17.6 Å². The van der Waals surface area contributed by atoms with Gasteiger partial charge in [0, 0.05) is 32.7 Å². The molecule has 1 aromatic heterocycles. The van der Waals surface area contributed by atoms with Gasteiger partial charge >= 0.3 is 6.18 Å². The van der Waals surface area contributed by atoms with Crippen LogP contribution in [0.25, 0.3) is 10.2 Å². The first-order valence-electron chi connectivity index (χ1n) is 10.6. The van der Waals surface area contributed by atoms with Gasteiger partial charge in [-0.2, -0.15) is 13.2 Å². The minimum atomic E-state index is -4.59. The Bertz CT molecular complexity index is 1120. The lowest BCUT2D eigenvalue weighted by atomic mass is 10.1. The summed E-state index contributed by atoms with van der Waals surface area (Å²) in [4.78, 5) is 35.2. The average Bonchev–Trinajstić information content (AvgIpc) is 3.22. The molecule has 2 aromatic carbocycles. The highest BCUT2D eigenvalue weighted by atomic mass is 32.1. The normalized spacial score (nSPS) is 15.1. The Morgan fingerprint density at radius 3 is 2.36 bits per heavy atom. The van der Waals surface area contributed by atoms with Crippen LogP contribution in [0.5, 0.6) is 0 Å². The van der Waals surface area contributed by atoms with E-state index in [1.165, 1.54) is 34.4 Å². The average molecular weight is 477 g/mol. The van der Waals surface area contributed by atoms with Crippen molar-refractivity contribution >= 4 is 38.5 Å². The van der Waals surface area contributed by atoms with E-state index in [0.717, 1.165) is 16.3 Å². The number of benzene rings is 2. The number of hydrogen-bond acceptors (Lipinski definition) is 5. The van der Waals surface area contributed by atoms with Crippen molar-refractivity contribution in [2.75, 3.05) is 44.2 Å². The maximum Gasteiger partial charge on any atom is 0.417 e. The van der Waals surface area contributed by atoms with Crippen LogP contribution in [0.15, 0.2) is 48.5 Å². The van der Waals surface area contributed by atoms with Crippen LogP contribution in [0.1, 0.15) is 22.8 Å². The van der Waals surface area contributed by atoms with Gasteiger partial charge in [0.15, 0.2) is 5.13 Å². The summed E-state index contributed by atoms with van der Waals surface area (Å²) in [6.45, 7) is 3.85. The maximum atomic E-state index is 13.3. The van der Waals surface area contributed by atoms with Crippen LogP contribution in [-0.4, -0.2) is 65.9 Å². The highest BCUT2D eigenvalue weighted by Crippen LogP contribution is 2.32. The number of likely N-dealkylation sites (N-methyl/N-ethyl adjacent to an activating group) is 1. The zero-order valence-corrected chi connectivity index (χ0v) is 18.8. The lowest BCUT2D eigenvalue weighted by molar-refractivity contribution is -0.138. The number of amides is 2.